The number of anilines is 1. The summed E-state index contributed by atoms with van der Waals surface area (Å²) in [5, 5.41) is 19.3. The van der Waals surface area contributed by atoms with Gasteiger partial charge in [0.15, 0.2) is 0 Å². The molecule has 0 radical (unpaired) electrons. The first kappa shape index (κ1) is 9.91. The van der Waals surface area contributed by atoms with Gasteiger partial charge < -0.3 is 5.11 Å². The van der Waals surface area contributed by atoms with Crippen LogP contribution in [0.15, 0.2) is 0 Å². The van der Waals surface area contributed by atoms with E-state index in [2.05, 4.69) is 15.5 Å². The zero-order chi connectivity index (χ0) is 10.1. The average Bonchev–Trinajstić information content (AvgIpc) is 2.32. The molecule has 0 spiro atoms. The van der Waals surface area contributed by atoms with Crippen molar-refractivity contribution in [3.05, 3.63) is 5.01 Å². The average molecular weight is 201 g/mol. The van der Waals surface area contributed by atoms with E-state index in [1.807, 2.05) is 20.8 Å². The molecule has 0 atom stereocenters. The van der Waals surface area contributed by atoms with Crippen LogP contribution in [0.1, 0.15) is 25.8 Å². The maximum Gasteiger partial charge on any atom is 0.411 e. The molecule has 0 saturated heterocycles. The standard InChI is InChI=1S/C7H11N3O2S/c1-7(2,3)4-9-10-5(13-4)8-6(11)12/h1-3H3,(H,8,10)(H,11,12). The minimum absolute atomic E-state index is 0.0872. The van der Waals surface area contributed by atoms with E-state index < -0.39 is 6.09 Å². The minimum Gasteiger partial charge on any atom is -0.465 e. The molecule has 0 bridgehead atoms. The molecule has 6 heteroatoms. The summed E-state index contributed by atoms with van der Waals surface area (Å²) in [6, 6.07) is 0. The molecule has 1 rings (SSSR count). The lowest BCUT2D eigenvalue weighted by molar-refractivity contribution is 0.209. The zero-order valence-corrected chi connectivity index (χ0v) is 8.47. The fourth-order valence-electron chi connectivity index (χ4n) is 0.668. The van der Waals surface area contributed by atoms with Gasteiger partial charge in [-0.05, 0) is 0 Å². The predicted octanol–water partition coefficient (Wildman–Crippen LogP) is 1.93. The van der Waals surface area contributed by atoms with Crippen molar-refractivity contribution in [1.82, 2.24) is 10.2 Å². The van der Waals surface area contributed by atoms with Crippen LogP contribution < -0.4 is 5.32 Å². The molecule has 5 nitrogen and oxygen atoms in total. The van der Waals surface area contributed by atoms with Crippen molar-refractivity contribution in [3.63, 3.8) is 0 Å². The Morgan fingerprint density at radius 1 is 1.46 bits per heavy atom. The first-order chi connectivity index (χ1) is 5.89. The highest BCUT2D eigenvalue weighted by Gasteiger charge is 2.19. The molecule has 2 N–H and O–H groups in total. The summed E-state index contributed by atoms with van der Waals surface area (Å²) in [6.45, 7) is 5.99. The molecule has 0 aromatic carbocycles. The van der Waals surface area contributed by atoms with Crippen LogP contribution in [0.5, 0.6) is 0 Å². The van der Waals surface area contributed by atoms with Crippen LogP contribution in [0.25, 0.3) is 0 Å². The third-order valence-corrected chi connectivity index (χ3v) is 2.54. The number of carbonyl (C=O) groups is 1. The lowest BCUT2D eigenvalue weighted by Gasteiger charge is -2.12. The van der Waals surface area contributed by atoms with Crippen LogP contribution in [0.4, 0.5) is 9.93 Å². The summed E-state index contributed by atoms with van der Waals surface area (Å²) in [7, 11) is 0. The van der Waals surface area contributed by atoms with Crippen molar-refractivity contribution >= 4 is 22.6 Å². The fraction of sp³-hybridized carbons (Fsp3) is 0.571. The van der Waals surface area contributed by atoms with Crippen LogP contribution in [-0.4, -0.2) is 21.4 Å². The molecule has 0 saturated carbocycles. The van der Waals surface area contributed by atoms with E-state index >= 15 is 0 Å². The second-order valence-electron chi connectivity index (χ2n) is 3.59. The van der Waals surface area contributed by atoms with Gasteiger partial charge in [0.1, 0.15) is 5.01 Å². The molecule has 0 fully saturated rings. The first-order valence-electron chi connectivity index (χ1n) is 3.73. The van der Waals surface area contributed by atoms with Crippen LogP contribution >= 0.6 is 11.3 Å². The fourth-order valence-corrected chi connectivity index (χ4v) is 1.46. The van der Waals surface area contributed by atoms with Crippen molar-refractivity contribution in [2.24, 2.45) is 0 Å². The van der Waals surface area contributed by atoms with Gasteiger partial charge >= 0.3 is 6.09 Å². The van der Waals surface area contributed by atoms with Gasteiger partial charge in [0.2, 0.25) is 5.13 Å². The number of amides is 1. The number of hydrogen-bond donors (Lipinski definition) is 2. The highest BCUT2D eigenvalue weighted by Crippen LogP contribution is 2.27. The van der Waals surface area contributed by atoms with Gasteiger partial charge in [-0.1, -0.05) is 32.1 Å². The van der Waals surface area contributed by atoms with Gasteiger partial charge in [-0.3, -0.25) is 5.32 Å². The van der Waals surface area contributed by atoms with E-state index in [0.29, 0.717) is 5.13 Å². The van der Waals surface area contributed by atoms with Gasteiger partial charge in [0, 0.05) is 5.41 Å². The Kier molecular flexibility index (Phi) is 2.51. The molecule has 1 heterocycles. The maximum atomic E-state index is 10.3. The molecular weight excluding hydrogens is 190 g/mol. The number of rotatable bonds is 1. The van der Waals surface area contributed by atoms with Gasteiger partial charge in [-0.25, -0.2) is 4.79 Å². The normalized spacial score (nSPS) is 11.3. The largest absolute Gasteiger partial charge is 0.465 e. The molecule has 0 unspecified atom stereocenters. The SMILES string of the molecule is CC(C)(C)c1nnc(NC(=O)O)s1. The lowest BCUT2D eigenvalue weighted by atomic mass is 9.98. The van der Waals surface area contributed by atoms with Crippen molar-refractivity contribution in [1.29, 1.82) is 0 Å². The van der Waals surface area contributed by atoms with E-state index in [-0.39, 0.29) is 5.41 Å². The Bertz CT molecular complexity index is 316. The molecule has 0 aliphatic rings. The smallest absolute Gasteiger partial charge is 0.411 e. The van der Waals surface area contributed by atoms with Gasteiger partial charge in [-0.2, -0.15) is 0 Å². The topological polar surface area (TPSA) is 75.1 Å². The maximum absolute atomic E-state index is 10.3. The quantitative estimate of drug-likeness (QED) is 0.728. The molecule has 72 valence electrons. The summed E-state index contributed by atoms with van der Waals surface area (Å²) in [4.78, 5) is 10.3. The van der Waals surface area contributed by atoms with Crippen LogP contribution in [0.3, 0.4) is 0 Å². The summed E-state index contributed by atoms with van der Waals surface area (Å²) < 4.78 is 0. The summed E-state index contributed by atoms with van der Waals surface area (Å²) in [5.74, 6) is 0. The van der Waals surface area contributed by atoms with E-state index in [0.717, 1.165) is 5.01 Å². The Hall–Kier alpha value is -1.17. The Morgan fingerprint density at radius 2 is 2.08 bits per heavy atom. The van der Waals surface area contributed by atoms with Gasteiger partial charge in [0.25, 0.3) is 0 Å². The van der Waals surface area contributed by atoms with E-state index in [4.69, 9.17) is 5.11 Å². The minimum atomic E-state index is -1.11. The van der Waals surface area contributed by atoms with Gasteiger partial charge in [-0.15, -0.1) is 10.2 Å². The van der Waals surface area contributed by atoms with E-state index in [9.17, 15) is 4.79 Å². The predicted molar refractivity (Wildman–Crippen MR) is 50.3 cm³/mol. The van der Waals surface area contributed by atoms with Crippen molar-refractivity contribution in [3.8, 4) is 0 Å². The van der Waals surface area contributed by atoms with Crippen molar-refractivity contribution in [2.45, 2.75) is 26.2 Å². The third-order valence-electron chi connectivity index (χ3n) is 1.28. The van der Waals surface area contributed by atoms with E-state index in [1.54, 1.807) is 0 Å². The summed E-state index contributed by atoms with van der Waals surface area (Å²) in [5.41, 5.74) is -0.0872. The second kappa shape index (κ2) is 3.29. The Labute approximate surface area is 79.8 Å². The van der Waals surface area contributed by atoms with Crippen molar-refractivity contribution < 1.29 is 9.90 Å². The number of nitrogens with zero attached hydrogens (tertiary/aromatic N) is 2. The molecule has 1 amide bonds. The van der Waals surface area contributed by atoms with Crippen LogP contribution in [-0.2, 0) is 5.41 Å². The molecule has 1 aromatic heterocycles. The van der Waals surface area contributed by atoms with Crippen molar-refractivity contribution in [2.75, 3.05) is 5.32 Å². The zero-order valence-electron chi connectivity index (χ0n) is 7.66. The highest BCUT2D eigenvalue weighted by atomic mass is 32.1. The van der Waals surface area contributed by atoms with E-state index in [1.165, 1.54) is 11.3 Å². The number of nitrogens with one attached hydrogen (secondary N) is 1. The number of aromatic nitrogens is 2. The van der Waals surface area contributed by atoms with Crippen LogP contribution in [0, 0.1) is 0 Å². The Morgan fingerprint density at radius 3 is 2.46 bits per heavy atom. The first-order valence-corrected chi connectivity index (χ1v) is 4.55. The summed E-state index contributed by atoms with van der Waals surface area (Å²) >= 11 is 1.25. The highest BCUT2D eigenvalue weighted by molar-refractivity contribution is 7.15. The second-order valence-corrected chi connectivity index (χ2v) is 4.57. The summed E-state index contributed by atoms with van der Waals surface area (Å²) in [6.07, 6.45) is -1.11. The van der Waals surface area contributed by atoms with Crippen LogP contribution in [0.2, 0.25) is 0 Å². The molecule has 0 aliphatic carbocycles. The number of carboxylic acid groups (broad SMARTS) is 1. The number of hydrogen-bond acceptors (Lipinski definition) is 4. The Balaban J connectivity index is 2.81. The molecule has 0 aliphatic heterocycles. The van der Waals surface area contributed by atoms with Gasteiger partial charge in [0.05, 0.1) is 0 Å². The third kappa shape index (κ3) is 2.66. The lowest BCUT2D eigenvalue weighted by Crippen LogP contribution is -2.10. The molecular formula is C7H11N3O2S. The molecule has 1 aromatic rings. The molecule has 13 heavy (non-hydrogen) atoms. The monoisotopic (exact) mass is 201 g/mol.